The van der Waals surface area contributed by atoms with Gasteiger partial charge in [-0.3, -0.25) is 0 Å². The van der Waals surface area contributed by atoms with Gasteiger partial charge in [-0.25, -0.2) is 13.4 Å². The number of benzene rings is 2. The first-order valence-corrected chi connectivity index (χ1v) is 12.7. The van der Waals surface area contributed by atoms with E-state index in [9.17, 15) is 8.42 Å². The fourth-order valence-corrected chi connectivity index (χ4v) is 5.87. The molecule has 0 amide bonds. The number of fused-ring (bicyclic) bond motifs is 2. The Morgan fingerprint density at radius 1 is 1.22 bits per heavy atom. The summed E-state index contributed by atoms with van der Waals surface area (Å²) in [5.41, 5.74) is 3.86. The molecule has 1 unspecified atom stereocenters. The fourth-order valence-electron chi connectivity index (χ4n) is 4.37. The molecule has 5 rings (SSSR count). The van der Waals surface area contributed by atoms with Gasteiger partial charge >= 0.3 is 0 Å². The third-order valence-electron chi connectivity index (χ3n) is 6.10. The molecule has 7 nitrogen and oxygen atoms in total. The highest BCUT2D eigenvalue weighted by Gasteiger charge is 2.26. The number of morpholine rings is 1. The van der Waals surface area contributed by atoms with Crippen LogP contribution >= 0.6 is 0 Å². The molecular weight excluding hydrogens is 424 g/mol. The first kappa shape index (κ1) is 21.2. The van der Waals surface area contributed by atoms with Crippen LogP contribution in [0.2, 0.25) is 0 Å². The molecule has 32 heavy (non-hydrogen) atoms. The lowest BCUT2D eigenvalue weighted by Gasteiger charge is -2.26. The molecule has 3 heterocycles. The highest BCUT2D eigenvalue weighted by atomic mass is 32.2. The number of aromatic nitrogens is 1. The number of anilines is 2. The monoisotopic (exact) mass is 452 g/mol. The summed E-state index contributed by atoms with van der Waals surface area (Å²) in [4.78, 5) is 7.40. The number of pyridine rings is 1. The summed E-state index contributed by atoms with van der Waals surface area (Å²) in [6.07, 6.45) is 0.107. The summed E-state index contributed by atoms with van der Waals surface area (Å²) < 4.78 is 31.4. The van der Waals surface area contributed by atoms with Crippen molar-refractivity contribution in [3.05, 3.63) is 59.7 Å². The molecule has 168 valence electrons. The Balaban J connectivity index is 1.50. The van der Waals surface area contributed by atoms with Gasteiger partial charge in [0.1, 0.15) is 5.82 Å². The van der Waals surface area contributed by atoms with Crippen molar-refractivity contribution < 1.29 is 13.2 Å². The molecule has 0 spiro atoms. The van der Waals surface area contributed by atoms with Gasteiger partial charge in [0.15, 0.2) is 9.84 Å². The van der Waals surface area contributed by atoms with Crippen molar-refractivity contribution >= 4 is 32.2 Å². The molecule has 1 fully saturated rings. The van der Waals surface area contributed by atoms with E-state index in [-0.39, 0.29) is 11.9 Å². The zero-order valence-corrected chi connectivity index (χ0v) is 19.0. The number of ether oxygens (including phenoxy) is 1. The number of rotatable bonds is 4. The molecule has 3 aromatic rings. The predicted octanol–water partition coefficient (Wildman–Crippen LogP) is 2.74. The zero-order valence-electron chi connectivity index (χ0n) is 18.2. The molecule has 8 heteroatoms. The summed E-state index contributed by atoms with van der Waals surface area (Å²) in [6, 6.07) is 15.5. The maximum absolute atomic E-state index is 12.8. The molecule has 2 aliphatic heterocycles. The average molecular weight is 453 g/mol. The normalized spacial score (nSPS) is 20.5. The lowest BCUT2D eigenvalue weighted by Crippen LogP contribution is -2.42. The minimum Gasteiger partial charge on any atom is -0.382 e. The van der Waals surface area contributed by atoms with Crippen molar-refractivity contribution in [1.82, 2.24) is 10.3 Å². The molecule has 0 saturated carbocycles. The van der Waals surface area contributed by atoms with Gasteiger partial charge < -0.3 is 20.3 Å². The van der Waals surface area contributed by atoms with Crippen LogP contribution in [0.25, 0.3) is 10.9 Å². The number of sulfone groups is 1. The molecule has 1 atom stereocenters. The molecular formula is C24H28N4O3S. The zero-order chi connectivity index (χ0) is 22.1. The summed E-state index contributed by atoms with van der Waals surface area (Å²) in [5, 5.41) is 7.98. The number of aryl methyl sites for hydroxylation is 1. The molecule has 2 aromatic carbocycles. The van der Waals surface area contributed by atoms with Gasteiger partial charge in [-0.1, -0.05) is 29.8 Å². The van der Waals surface area contributed by atoms with E-state index in [2.05, 4.69) is 34.6 Å². The van der Waals surface area contributed by atoms with Crippen LogP contribution in [0.4, 0.5) is 11.5 Å². The van der Waals surface area contributed by atoms with Crippen molar-refractivity contribution in [3.63, 3.8) is 0 Å². The lowest BCUT2D eigenvalue weighted by atomic mass is 10.1. The maximum atomic E-state index is 12.8. The third-order valence-corrected chi connectivity index (χ3v) is 7.89. The van der Waals surface area contributed by atoms with Gasteiger partial charge in [-0.2, -0.15) is 0 Å². The second-order valence-electron chi connectivity index (χ2n) is 8.47. The van der Waals surface area contributed by atoms with Crippen molar-refractivity contribution in [1.29, 1.82) is 0 Å². The average Bonchev–Trinajstić information content (AvgIpc) is 2.94. The maximum Gasteiger partial charge on any atom is 0.180 e. The van der Waals surface area contributed by atoms with Crippen LogP contribution < -0.4 is 15.5 Å². The molecule has 0 bridgehead atoms. The van der Waals surface area contributed by atoms with Crippen LogP contribution in [0.3, 0.4) is 0 Å². The van der Waals surface area contributed by atoms with Crippen molar-refractivity contribution in [3.8, 4) is 0 Å². The van der Waals surface area contributed by atoms with Gasteiger partial charge in [0.2, 0.25) is 0 Å². The van der Waals surface area contributed by atoms with E-state index >= 15 is 0 Å². The number of nitrogens with zero attached hydrogens (tertiary/aromatic N) is 2. The number of hydrogen-bond donors (Lipinski definition) is 2. The molecule has 1 saturated heterocycles. The van der Waals surface area contributed by atoms with E-state index in [1.807, 2.05) is 24.3 Å². The topological polar surface area (TPSA) is 83.6 Å². The van der Waals surface area contributed by atoms with Crippen LogP contribution in [-0.2, 0) is 21.1 Å². The molecule has 0 radical (unpaired) electrons. The van der Waals surface area contributed by atoms with Gasteiger partial charge in [0, 0.05) is 49.9 Å². The van der Waals surface area contributed by atoms with Crippen LogP contribution in [0.1, 0.15) is 11.1 Å². The van der Waals surface area contributed by atoms with Gasteiger partial charge in [0.25, 0.3) is 0 Å². The Hall–Kier alpha value is -2.68. The summed E-state index contributed by atoms with van der Waals surface area (Å²) in [5.74, 6) is 0.848. The van der Waals surface area contributed by atoms with E-state index in [1.165, 1.54) is 5.56 Å². The van der Waals surface area contributed by atoms with Gasteiger partial charge in [-0.15, -0.1) is 0 Å². The summed E-state index contributed by atoms with van der Waals surface area (Å²) in [7, 11) is -3.31. The van der Waals surface area contributed by atoms with E-state index in [1.54, 1.807) is 12.1 Å². The Labute approximate surface area is 188 Å². The SMILES string of the molecule is Cc1ccc2nc(N3CCS(=O)(=O)c4ccccc4C3)cc(NCC3CNCCO3)c2c1. The number of hydrogen-bond acceptors (Lipinski definition) is 7. The van der Waals surface area contributed by atoms with Gasteiger partial charge in [-0.05, 0) is 30.7 Å². The highest BCUT2D eigenvalue weighted by molar-refractivity contribution is 7.91. The summed E-state index contributed by atoms with van der Waals surface area (Å²) >= 11 is 0. The minimum atomic E-state index is -3.31. The Morgan fingerprint density at radius 2 is 2.09 bits per heavy atom. The summed E-state index contributed by atoms with van der Waals surface area (Å²) in [6.45, 7) is 6.10. The molecule has 0 aliphatic carbocycles. The Morgan fingerprint density at radius 3 is 2.94 bits per heavy atom. The van der Waals surface area contributed by atoms with Crippen molar-refractivity contribution in [2.24, 2.45) is 0 Å². The molecule has 1 aromatic heterocycles. The third kappa shape index (κ3) is 4.30. The predicted molar refractivity (Wildman–Crippen MR) is 127 cm³/mol. The second kappa shape index (κ2) is 8.69. The van der Waals surface area contributed by atoms with E-state index < -0.39 is 9.84 Å². The highest BCUT2D eigenvalue weighted by Crippen LogP contribution is 2.31. The quantitative estimate of drug-likeness (QED) is 0.630. The van der Waals surface area contributed by atoms with Crippen LogP contribution in [0.5, 0.6) is 0 Å². The van der Waals surface area contributed by atoms with Crippen LogP contribution in [-0.4, -0.2) is 58.0 Å². The first-order valence-electron chi connectivity index (χ1n) is 11.0. The first-order chi connectivity index (χ1) is 15.5. The van der Waals surface area contributed by atoms with Crippen LogP contribution in [0, 0.1) is 6.92 Å². The standard InChI is InChI=1S/C24H28N4O3S/c1-17-6-7-21-20(12-17)22(26-15-19-14-25-8-10-31-19)13-24(27-21)28-9-11-32(29,30)23-5-3-2-4-18(23)16-28/h2-7,12-13,19,25H,8-11,14-16H2,1H3,(H,26,27). The van der Waals surface area contributed by atoms with E-state index in [4.69, 9.17) is 9.72 Å². The fraction of sp³-hybridized carbons (Fsp3) is 0.375. The van der Waals surface area contributed by atoms with Crippen molar-refractivity contribution in [2.45, 2.75) is 24.5 Å². The Kier molecular flexibility index (Phi) is 5.75. The second-order valence-corrected chi connectivity index (χ2v) is 10.6. The Bertz CT molecular complexity index is 1240. The lowest BCUT2D eigenvalue weighted by molar-refractivity contribution is 0.0372. The van der Waals surface area contributed by atoms with Crippen molar-refractivity contribution in [2.75, 3.05) is 48.8 Å². The largest absolute Gasteiger partial charge is 0.382 e. The van der Waals surface area contributed by atoms with E-state index in [0.29, 0.717) is 24.5 Å². The van der Waals surface area contributed by atoms with Crippen LogP contribution in [0.15, 0.2) is 53.4 Å². The minimum absolute atomic E-state index is 0.0714. The number of nitrogens with one attached hydrogen (secondary N) is 2. The smallest absolute Gasteiger partial charge is 0.180 e. The van der Waals surface area contributed by atoms with E-state index in [0.717, 1.165) is 47.7 Å². The van der Waals surface area contributed by atoms with Gasteiger partial charge in [0.05, 0.1) is 28.9 Å². The molecule has 2 N–H and O–H groups in total. The molecule has 2 aliphatic rings.